The van der Waals surface area contributed by atoms with Crippen molar-refractivity contribution in [2.45, 2.75) is 32.6 Å². The molecule has 3 rings (SSSR count). The lowest BCUT2D eigenvalue weighted by Gasteiger charge is -2.32. The van der Waals surface area contributed by atoms with Crippen molar-refractivity contribution in [2.75, 3.05) is 50.7 Å². The van der Waals surface area contributed by atoms with E-state index in [4.69, 9.17) is 0 Å². The molecule has 1 fully saturated rings. The monoisotopic (exact) mass is 287 g/mol. The van der Waals surface area contributed by atoms with Gasteiger partial charge in [-0.05, 0) is 42.9 Å². The Morgan fingerprint density at radius 2 is 1.95 bits per heavy atom. The second-order valence-corrected chi connectivity index (χ2v) is 6.40. The van der Waals surface area contributed by atoms with Gasteiger partial charge >= 0.3 is 0 Å². The lowest BCUT2D eigenvalue weighted by molar-refractivity contribution is 0.244. The summed E-state index contributed by atoms with van der Waals surface area (Å²) in [7, 11) is 0. The number of rotatable bonds is 5. The maximum atomic E-state index is 3.43. The van der Waals surface area contributed by atoms with Crippen LogP contribution >= 0.6 is 0 Å². The number of hydrogen-bond acceptors (Lipinski definition) is 3. The average molecular weight is 287 g/mol. The van der Waals surface area contributed by atoms with Crippen molar-refractivity contribution in [1.82, 2.24) is 10.2 Å². The predicted molar refractivity (Wildman–Crippen MR) is 90.3 cm³/mol. The van der Waals surface area contributed by atoms with Crippen LogP contribution in [0.2, 0.25) is 0 Å². The molecule has 1 aromatic carbocycles. The van der Waals surface area contributed by atoms with Gasteiger partial charge in [0.15, 0.2) is 0 Å². The molecule has 1 aromatic rings. The van der Waals surface area contributed by atoms with E-state index in [2.05, 4.69) is 40.2 Å². The van der Waals surface area contributed by atoms with Crippen LogP contribution in [-0.2, 0) is 12.8 Å². The van der Waals surface area contributed by atoms with Crippen molar-refractivity contribution >= 4 is 5.69 Å². The quantitative estimate of drug-likeness (QED) is 0.896. The first kappa shape index (κ1) is 14.9. The van der Waals surface area contributed by atoms with Crippen molar-refractivity contribution in [2.24, 2.45) is 0 Å². The van der Waals surface area contributed by atoms with Crippen LogP contribution in [0.5, 0.6) is 0 Å². The van der Waals surface area contributed by atoms with Gasteiger partial charge in [0.05, 0.1) is 0 Å². The molecule has 0 aromatic heterocycles. The third-order valence-electron chi connectivity index (χ3n) is 4.78. The zero-order valence-corrected chi connectivity index (χ0v) is 13.4. The molecule has 3 heteroatoms. The van der Waals surface area contributed by atoms with Crippen LogP contribution in [0.1, 0.15) is 30.9 Å². The van der Waals surface area contributed by atoms with Gasteiger partial charge in [-0.2, -0.15) is 0 Å². The van der Waals surface area contributed by atoms with E-state index in [9.17, 15) is 0 Å². The summed E-state index contributed by atoms with van der Waals surface area (Å²) in [5.41, 5.74) is 4.58. The number of hydrogen-bond donors (Lipinski definition) is 1. The Balaban J connectivity index is 1.64. The van der Waals surface area contributed by atoms with Gasteiger partial charge in [0, 0.05) is 51.5 Å². The second-order valence-electron chi connectivity index (χ2n) is 6.40. The van der Waals surface area contributed by atoms with Crippen molar-refractivity contribution in [3.8, 4) is 0 Å². The van der Waals surface area contributed by atoms with Gasteiger partial charge in [0.25, 0.3) is 0 Å². The molecule has 2 aliphatic heterocycles. The molecule has 0 atom stereocenters. The summed E-state index contributed by atoms with van der Waals surface area (Å²) in [6.07, 6.45) is 5.00. The summed E-state index contributed by atoms with van der Waals surface area (Å²) in [6, 6.07) is 7.20. The lowest BCUT2D eigenvalue weighted by Crippen LogP contribution is -2.44. The number of piperazine rings is 1. The minimum absolute atomic E-state index is 1.15. The van der Waals surface area contributed by atoms with Gasteiger partial charge < -0.3 is 15.1 Å². The molecular weight excluding hydrogens is 258 g/mol. The minimum Gasteiger partial charge on any atom is -0.371 e. The number of anilines is 1. The van der Waals surface area contributed by atoms with E-state index < -0.39 is 0 Å². The van der Waals surface area contributed by atoms with E-state index >= 15 is 0 Å². The Hall–Kier alpha value is -1.06. The Labute approximate surface area is 129 Å². The first-order chi connectivity index (χ1) is 10.4. The highest BCUT2D eigenvalue weighted by molar-refractivity contribution is 5.57. The van der Waals surface area contributed by atoms with E-state index in [1.165, 1.54) is 69.7 Å². The number of nitrogens with one attached hydrogen (secondary N) is 1. The standard InChI is InChI=1S/C18H29N3/c1-2-10-21-11-3-4-17-6-5-16(15-18(17)21)7-12-20-13-8-19-9-14-20/h5-6,15,19H,2-4,7-14H2,1H3. The SMILES string of the molecule is CCCN1CCCc2ccc(CCN3CCNCC3)cc21. The van der Waals surface area contributed by atoms with Crippen molar-refractivity contribution in [3.05, 3.63) is 29.3 Å². The molecule has 2 aliphatic rings. The number of benzene rings is 1. The van der Waals surface area contributed by atoms with Gasteiger partial charge in [0.1, 0.15) is 0 Å². The first-order valence-electron chi connectivity index (χ1n) is 8.66. The second kappa shape index (κ2) is 7.28. The number of nitrogens with zero attached hydrogens (tertiary/aromatic N) is 2. The molecule has 3 nitrogen and oxygen atoms in total. The average Bonchev–Trinajstić information content (AvgIpc) is 2.54. The molecule has 0 radical (unpaired) electrons. The normalized spacial score (nSPS) is 19.6. The topological polar surface area (TPSA) is 18.5 Å². The fraction of sp³-hybridized carbons (Fsp3) is 0.667. The third kappa shape index (κ3) is 3.78. The molecule has 116 valence electrons. The zero-order valence-electron chi connectivity index (χ0n) is 13.4. The lowest BCUT2D eigenvalue weighted by atomic mass is 9.98. The van der Waals surface area contributed by atoms with Crippen molar-refractivity contribution in [1.29, 1.82) is 0 Å². The summed E-state index contributed by atoms with van der Waals surface area (Å²) in [4.78, 5) is 5.17. The Morgan fingerprint density at radius 3 is 2.76 bits per heavy atom. The molecule has 0 saturated carbocycles. The van der Waals surface area contributed by atoms with E-state index in [-0.39, 0.29) is 0 Å². The fourth-order valence-corrected chi connectivity index (χ4v) is 3.58. The van der Waals surface area contributed by atoms with E-state index in [0.29, 0.717) is 0 Å². The molecule has 0 amide bonds. The Morgan fingerprint density at radius 1 is 1.10 bits per heavy atom. The van der Waals surface area contributed by atoms with Gasteiger partial charge in [-0.1, -0.05) is 19.1 Å². The van der Waals surface area contributed by atoms with Crippen LogP contribution in [0.4, 0.5) is 5.69 Å². The summed E-state index contributed by atoms with van der Waals surface area (Å²) in [5.74, 6) is 0. The fourth-order valence-electron chi connectivity index (χ4n) is 3.58. The summed E-state index contributed by atoms with van der Waals surface area (Å²) in [6.45, 7) is 10.6. The highest BCUT2D eigenvalue weighted by Crippen LogP contribution is 2.28. The van der Waals surface area contributed by atoms with Crippen LogP contribution in [-0.4, -0.2) is 50.7 Å². The molecule has 2 heterocycles. The van der Waals surface area contributed by atoms with Gasteiger partial charge in [-0.25, -0.2) is 0 Å². The molecule has 0 bridgehead atoms. The van der Waals surface area contributed by atoms with Crippen LogP contribution in [0.3, 0.4) is 0 Å². The van der Waals surface area contributed by atoms with Gasteiger partial charge in [-0.15, -0.1) is 0 Å². The number of fused-ring (bicyclic) bond motifs is 1. The van der Waals surface area contributed by atoms with Crippen LogP contribution in [0, 0.1) is 0 Å². The molecule has 0 unspecified atom stereocenters. The largest absolute Gasteiger partial charge is 0.371 e. The molecule has 0 aliphatic carbocycles. The van der Waals surface area contributed by atoms with Crippen LogP contribution in [0.15, 0.2) is 18.2 Å². The Kier molecular flexibility index (Phi) is 5.15. The Bertz CT molecular complexity index is 452. The summed E-state index contributed by atoms with van der Waals surface area (Å²) < 4.78 is 0. The van der Waals surface area contributed by atoms with E-state index in [0.717, 1.165) is 13.1 Å². The van der Waals surface area contributed by atoms with Gasteiger partial charge in [-0.3, -0.25) is 0 Å². The third-order valence-corrected chi connectivity index (χ3v) is 4.78. The van der Waals surface area contributed by atoms with Crippen LogP contribution in [0.25, 0.3) is 0 Å². The molecular formula is C18H29N3. The molecule has 0 spiro atoms. The molecule has 1 saturated heterocycles. The predicted octanol–water partition coefficient (Wildman–Crippen LogP) is 2.30. The van der Waals surface area contributed by atoms with Crippen LogP contribution < -0.4 is 10.2 Å². The highest BCUT2D eigenvalue weighted by Gasteiger charge is 2.16. The summed E-state index contributed by atoms with van der Waals surface area (Å²) in [5, 5.41) is 3.43. The highest BCUT2D eigenvalue weighted by atomic mass is 15.2. The maximum Gasteiger partial charge on any atom is 0.0401 e. The molecule has 1 N–H and O–H groups in total. The first-order valence-corrected chi connectivity index (χ1v) is 8.66. The number of aryl methyl sites for hydroxylation is 1. The maximum absolute atomic E-state index is 3.43. The smallest absolute Gasteiger partial charge is 0.0401 e. The molecule has 21 heavy (non-hydrogen) atoms. The zero-order chi connectivity index (χ0) is 14.5. The van der Waals surface area contributed by atoms with E-state index in [1.54, 1.807) is 5.56 Å². The van der Waals surface area contributed by atoms with Gasteiger partial charge in [0.2, 0.25) is 0 Å². The van der Waals surface area contributed by atoms with E-state index in [1.807, 2.05) is 0 Å². The summed E-state index contributed by atoms with van der Waals surface area (Å²) >= 11 is 0. The van der Waals surface area contributed by atoms with Crippen molar-refractivity contribution < 1.29 is 0 Å². The minimum atomic E-state index is 1.15. The van der Waals surface area contributed by atoms with Crippen molar-refractivity contribution in [3.63, 3.8) is 0 Å².